The Hall–Kier alpha value is -1.56. The summed E-state index contributed by atoms with van der Waals surface area (Å²) in [6.07, 6.45) is 1.54. The van der Waals surface area contributed by atoms with Gasteiger partial charge in [0, 0.05) is 20.1 Å². The van der Waals surface area contributed by atoms with Gasteiger partial charge < -0.3 is 15.5 Å². The van der Waals surface area contributed by atoms with Crippen molar-refractivity contribution in [1.82, 2.24) is 15.3 Å². The van der Waals surface area contributed by atoms with Crippen molar-refractivity contribution < 1.29 is 4.79 Å². The SMILES string of the molecule is CNc1ncc(Cl)c(N2CCNC(=O)C2C)n1. The van der Waals surface area contributed by atoms with Crippen LogP contribution in [0.3, 0.4) is 0 Å². The molecule has 17 heavy (non-hydrogen) atoms. The summed E-state index contributed by atoms with van der Waals surface area (Å²) in [5.41, 5.74) is 0. The number of carbonyl (C=O) groups is 1. The largest absolute Gasteiger partial charge is 0.357 e. The van der Waals surface area contributed by atoms with Crippen LogP contribution < -0.4 is 15.5 Å². The Morgan fingerprint density at radius 3 is 3.12 bits per heavy atom. The molecule has 0 radical (unpaired) electrons. The molecule has 2 N–H and O–H groups in total. The Labute approximate surface area is 104 Å². The van der Waals surface area contributed by atoms with Crippen molar-refractivity contribution >= 4 is 29.3 Å². The number of rotatable bonds is 2. The lowest BCUT2D eigenvalue weighted by molar-refractivity contribution is -0.122. The van der Waals surface area contributed by atoms with Crippen molar-refractivity contribution in [3.8, 4) is 0 Å². The molecule has 0 saturated carbocycles. The van der Waals surface area contributed by atoms with Gasteiger partial charge in [-0.2, -0.15) is 4.98 Å². The molecule has 1 atom stereocenters. The van der Waals surface area contributed by atoms with E-state index in [1.54, 1.807) is 7.05 Å². The van der Waals surface area contributed by atoms with Crippen molar-refractivity contribution in [2.24, 2.45) is 0 Å². The van der Waals surface area contributed by atoms with Crippen molar-refractivity contribution in [3.05, 3.63) is 11.2 Å². The van der Waals surface area contributed by atoms with Gasteiger partial charge in [0.1, 0.15) is 11.1 Å². The zero-order chi connectivity index (χ0) is 12.4. The number of aromatic nitrogens is 2. The van der Waals surface area contributed by atoms with Gasteiger partial charge in [-0.15, -0.1) is 0 Å². The highest BCUT2D eigenvalue weighted by atomic mass is 35.5. The molecule has 0 aromatic carbocycles. The van der Waals surface area contributed by atoms with E-state index in [0.717, 1.165) is 0 Å². The normalized spacial score (nSPS) is 20.1. The molecule has 1 saturated heterocycles. The maximum Gasteiger partial charge on any atom is 0.242 e. The van der Waals surface area contributed by atoms with Crippen LogP contribution in [0.15, 0.2) is 6.20 Å². The smallest absolute Gasteiger partial charge is 0.242 e. The minimum atomic E-state index is -0.277. The van der Waals surface area contributed by atoms with Gasteiger partial charge in [0.05, 0.1) is 6.20 Å². The molecule has 0 bridgehead atoms. The van der Waals surface area contributed by atoms with Crippen molar-refractivity contribution in [1.29, 1.82) is 0 Å². The van der Waals surface area contributed by atoms with Crippen LogP contribution in [0, 0.1) is 0 Å². The van der Waals surface area contributed by atoms with Gasteiger partial charge in [-0.25, -0.2) is 4.98 Å². The number of amides is 1. The third kappa shape index (κ3) is 2.26. The minimum absolute atomic E-state index is 0.0167. The molecule has 92 valence electrons. The first kappa shape index (κ1) is 11.9. The summed E-state index contributed by atoms with van der Waals surface area (Å²) in [6, 6.07) is -0.277. The molecule has 1 amide bonds. The Morgan fingerprint density at radius 2 is 2.41 bits per heavy atom. The van der Waals surface area contributed by atoms with E-state index in [4.69, 9.17) is 11.6 Å². The summed E-state index contributed by atoms with van der Waals surface area (Å²) in [5.74, 6) is 1.06. The Kier molecular flexibility index (Phi) is 3.33. The van der Waals surface area contributed by atoms with Crippen molar-refractivity contribution in [3.63, 3.8) is 0 Å². The van der Waals surface area contributed by atoms with E-state index in [1.807, 2.05) is 11.8 Å². The maximum absolute atomic E-state index is 11.6. The monoisotopic (exact) mass is 255 g/mol. The fourth-order valence-corrected chi connectivity index (χ4v) is 1.95. The Balaban J connectivity index is 2.34. The van der Waals surface area contributed by atoms with Crippen LogP contribution in [-0.4, -0.2) is 42.1 Å². The van der Waals surface area contributed by atoms with Crippen LogP contribution in [0.4, 0.5) is 11.8 Å². The molecule has 7 heteroatoms. The summed E-state index contributed by atoms with van der Waals surface area (Å²) in [6.45, 7) is 3.11. The predicted octanol–water partition coefficient (Wildman–Crippen LogP) is 0.496. The molecule has 2 rings (SSSR count). The van der Waals surface area contributed by atoms with E-state index in [1.165, 1.54) is 6.20 Å². The predicted molar refractivity (Wildman–Crippen MR) is 66.4 cm³/mol. The standard InChI is InChI=1S/C10H14ClN5O/c1-6-9(17)13-3-4-16(6)8-7(11)5-14-10(12-2)15-8/h5-6H,3-4H2,1-2H3,(H,13,17)(H,12,14,15). The van der Waals surface area contributed by atoms with Crippen LogP contribution in [0.25, 0.3) is 0 Å². The van der Waals surface area contributed by atoms with E-state index in [0.29, 0.717) is 29.9 Å². The zero-order valence-electron chi connectivity index (χ0n) is 9.70. The number of nitrogens with one attached hydrogen (secondary N) is 2. The Morgan fingerprint density at radius 1 is 1.65 bits per heavy atom. The first-order chi connectivity index (χ1) is 8.13. The summed E-state index contributed by atoms with van der Waals surface area (Å²) in [7, 11) is 1.74. The molecule has 1 aliphatic rings. The third-order valence-electron chi connectivity index (χ3n) is 2.72. The maximum atomic E-state index is 11.6. The highest BCUT2D eigenvalue weighted by Gasteiger charge is 2.28. The van der Waals surface area contributed by atoms with Gasteiger partial charge >= 0.3 is 0 Å². The summed E-state index contributed by atoms with van der Waals surface area (Å²) in [5, 5.41) is 6.10. The topological polar surface area (TPSA) is 70.2 Å². The second-order valence-electron chi connectivity index (χ2n) is 3.78. The Bertz CT molecular complexity index is 439. The van der Waals surface area contributed by atoms with Crippen molar-refractivity contribution in [2.75, 3.05) is 30.4 Å². The lowest BCUT2D eigenvalue weighted by atomic mass is 10.2. The molecule has 2 heterocycles. The summed E-state index contributed by atoms with van der Waals surface area (Å²) >= 11 is 6.07. The van der Waals surface area contributed by atoms with E-state index in [2.05, 4.69) is 20.6 Å². The second-order valence-corrected chi connectivity index (χ2v) is 4.18. The van der Waals surface area contributed by atoms with E-state index in [-0.39, 0.29) is 11.9 Å². The molecular weight excluding hydrogens is 242 g/mol. The molecule has 1 aromatic rings. The van der Waals surface area contributed by atoms with E-state index < -0.39 is 0 Å². The van der Waals surface area contributed by atoms with E-state index >= 15 is 0 Å². The number of anilines is 2. The average Bonchev–Trinajstić information content (AvgIpc) is 2.34. The van der Waals surface area contributed by atoms with Gasteiger partial charge in [-0.3, -0.25) is 4.79 Å². The third-order valence-corrected chi connectivity index (χ3v) is 2.99. The van der Waals surface area contributed by atoms with Gasteiger partial charge in [0.15, 0.2) is 5.82 Å². The van der Waals surface area contributed by atoms with Gasteiger partial charge in [0.25, 0.3) is 0 Å². The number of hydrogen-bond donors (Lipinski definition) is 2. The first-order valence-corrected chi connectivity index (χ1v) is 5.76. The van der Waals surface area contributed by atoms with E-state index in [9.17, 15) is 4.79 Å². The fraction of sp³-hybridized carbons (Fsp3) is 0.500. The number of piperazine rings is 1. The lowest BCUT2D eigenvalue weighted by Gasteiger charge is -2.34. The molecule has 1 unspecified atom stereocenters. The minimum Gasteiger partial charge on any atom is -0.357 e. The second kappa shape index (κ2) is 4.75. The van der Waals surface area contributed by atoms with Crippen molar-refractivity contribution in [2.45, 2.75) is 13.0 Å². The number of halogens is 1. The molecule has 6 nitrogen and oxygen atoms in total. The van der Waals surface area contributed by atoms with Gasteiger partial charge in [-0.1, -0.05) is 11.6 Å². The van der Waals surface area contributed by atoms with Crippen LogP contribution in [0.1, 0.15) is 6.92 Å². The summed E-state index contributed by atoms with van der Waals surface area (Å²) in [4.78, 5) is 21.8. The number of hydrogen-bond acceptors (Lipinski definition) is 5. The van der Waals surface area contributed by atoms with Gasteiger partial charge in [-0.05, 0) is 6.92 Å². The fourth-order valence-electron chi connectivity index (χ4n) is 1.75. The molecule has 1 aliphatic heterocycles. The molecule has 1 aromatic heterocycles. The van der Waals surface area contributed by atoms with Gasteiger partial charge in [0.2, 0.25) is 11.9 Å². The quantitative estimate of drug-likeness (QED) is 0.805. The lowest BCUT2D eigenvalue weighted by Crippen LogP contribution is -2.54. The molecular formula is C10H14ClN5O. The molecule has 0 spiro atoms. The van der Waals surface area contributed by atoms with Crippen LogP contribution >= 0.6 is 11.6 Å². The zero-order valence-corrected chi connectivity index (χ0v) is 10.5. The van der Waals surface area contributed by atoms with Crippen LogP contribution in [0.2, 0.25) is 5.02 Å². The number of nitrogens with zero attached hydrogens (tertiary/aromatic N) is 3. The van der Waals surface area contributed by atoms with Crippen LogP contribution in [0.5, 0.6) is 0 Å². The average molecular weight is 256 g/mol. The molecule has 1 fully saturated rings. The highest BCUT2D eigenvalue weighted by molar-refractivity contribution is 6.32. The van der Waals surface area contributed by atoms with Crippen LogP contribution in [-0.2, 0) is 4.79 Å². The number of carbonyl (C=O) groups excluding carboxylic acids is 1. The molecule has 0 aliphatic carbocycles. The summed E-state index contributed by atoms with van der Waals surface area (Å²) < 4.78 is 0. The highest BCUT2D eigenvalue weighted by Crippen LogP contribution is 2.26. The first-order valence-electron chi connectivity index (χ1n) is 5.38.